The molecule has 10 heteroatoms. The van der Waals surface area contributed by atoms with Crippen molar-refractivity contribution < 1.29 is 36.2 Å². The van der Waals surface area contributed by atoms with Crippen molar-refractivity contribution in [2.24, 2.45) is 0 Å². The van der Waals surface area contributed by atoms with Gasteiger partial charge in [0.1, 0.15) is 11.6 Å². The molecule has 0 amide bonds. The second kappa shape index (κ2) is 13.2. The van der Waals surface area contributed by atoms with Gasteiger partial charge in [0, 0.05) is 19.7 Å². The SMILES string of the molecule is COCC1CCCN1CC#CCN1CCOC(OC(C)c2cc(F)cc(C(F)(F)F)c2)C1c1ccc(F)cc1. The summed E-state index contributed by atoms with van der Waals surface area (Å²) < 4.78 is 84.8. The van der Waals surface area contributed by atoms with Crippen LogP contribution in [0.1, 0.15) is 48.6 Å². The van der Waals surface area contributed by atoms with Gasteiger partial charge >= 0.3 is 6.18 Å². The van der Waals surface area contributed by atoms with Gasteiger partial charge in [-0.3, -0.25) is 9.80 Å². The van der Waals surface area contributed by atoms with E-state index in [2.05, 4.69) is 16.7 Å². The quantitative estimate of drug-likeness (QED) is 0.316. The first-order valence-corrected chi connectivity index (χ1v) is 13.0. The van der Waals surface area contributed by atoms with Crippen LogP contribution in [-0.4, -0.2) is 68.6 Å². The Balaban J connectivity index is 1.51. The average Bonchev–Trinajstić information content (AvgIpc) is 3.33. The number of halogens is 5. The molecule has 0 bridgehead atoms. The number of alkyl halides is 3. The van der Waals surface area contributed by atoms with Crippen molar-refractivity contribution in [1.82, 2.24) is 9.80 Å². The summed E-state index contributed by atoms with van der Waals surface area (Å²) in [5.74, 6) is 5.07. The van der Waals surface area contributed by atoms with Crippen LogP contribution in [0.5, 0.6) is 0 Å². The van der Waals surface area contributed by atoms with E-state index in [9.17, 15) is 22.0 Å². The molecule has 39 heavy (non-hydrogen) atoms. The predicted octanol–water partition coefficient (Wildman–Crippen LogP) is 5.58. The topological polar surface area (TPSA) is 34.2 Å². The summed E-state index contributed by atoms with van der Waals surface area (Å²) in [5, 5.41) is 0. The lowest BCUT2D eigenvalue weighted by Gasteiger charge is -2.41. The van der Waals surface area contributed by atoms with Gasteiger partial charge in [-0.15, -0.1) is 0 Å². The second-order valence-electron chi connectivity index (χ2n) is 9.83. The van der Waals surface area contributed by atoms with Gasteiger partial charge < -0.3 is 14.2 Å². The third-order valence-electron chi connectivity index (χ3n) is 7.13. The number of benzene rings is 2. The van der Waals surface area contributed by atoms with E-state index in [1.54, 1.807) is 26.2 Å². The first-order chi connectivity index (χ1) is 18.7. The van der Waals surface area contributed by atoms with Gasteiger partial charge in [-0.1, -0.05) is 24.0 Å². The summed E-state index contributed by atoms with van der Waals surface area (Å²) in [5.41, 5.74) is -0.336. The van der Waals surface area contributed by atoms with Gasteiger partial charge in [0.25, 0.3) is 0 Å². The Bertz CT molecular complexity index is 1150. The van der Waals surface area contributed by atoms with Crippen LogP contribution in [-0.2, 0) is 20.4 Å². The molecule has 212 valence electrons. The summed E-state index contributed by atoms with van der Waals surface area (Å²) >= 11 is 0. The van der Waals surface area contributed by atoms with Crippen molar-refractivity contribution in [2.45, 2.75) is 50.4 Å². The molecule has 2 saturated heterocycles. The lowest BCUT2D eigenvalue weighted by Crippen LogP contribution is -2.46. The maximum atomic E-state index is 14.0. The Morgan fingerprint density at radius 3 is 2.41 bits per heavy atom. The van der Waals surface area contributed by atoms with Crippen LogP contribution in [0.2, 0.25) is 0 Å². The van der Waals surface area contributed by atoms with Gasteiger partial charge in [-0.2, -0.15) is 13.2 Å². The number of morpholine rings is 1. The van der Waals surface area contributed by atoms with Crippen LogP contribution in [0, 0.1) is 23.5 Å². The minimum atomic E-state index is -4.69. The van der Waals surface area contributed by atoms with Crippen molar-refractivity contribution in [1.29, 1.82) is 0 Å². The van der Waals surface area contributed by atoms with E-state index in [0.717, 1.165) is 31.5 Å². The molecule has 0 N–H and O–H groups in total. The Labute approximate surface area is 225 Å². The molecule has 0 spiro atoms. The van der Waals surface area contributed by atoms with Gasteiger partial charge in [0.05, 0.1) is 44.0 Å². The van der Waals surface area contributed by atoms with Crippen molar-refractivity contribution in [3.63, 3.8) is 0 Å². The molecule has 0 radical (unpaired) electrons. The molecule has 2 aromatic rings. The summed E-state index contributed by atoms with van der Waals surface area (Å²) in [4.78, 5) is 4.35. The van der Waals surface area contributed by atoms with E-state index < -0.39 is 41.8 Å². The molecule has 5 nitrogen and oxygen atoms in total. The molecule has 2 aliphatic rings. The number of methoxy groups -OCH3 is 1. The van der Waals surface area contributed by atoms with E-state index in [4.69, 9.17) is 14.2 Å². The number of hydrogen-bond donors (Lipinski definition) is 0. The minimum absolute atomic E-state index is 0.0388. The Kier molecular flexibility index (Phi) is 9.96. The van der Waals surface area contributed by atoms with Gasteiger partial charge in [0.15, 0.2) is 6.29 Å². The molecule has 0 aromatic heterocycles. The highest BCUT2D eigenvalue weighted by Crippen LogP contribution is 2.36. The maximum absolute atomic E-state index is 14.0. The van der Waals surface area contributed by atoms with Crippen LogP contribution in [0.25, 0.3) is 0 Å². The smallest absolute Gasteiger partial charge is 0.383 e. The Morgan fingerprint density at radius 1 is 1.00 bits per heavy atom. The predicted molar refractivity (Wildman–Crippen MR) is 136 cm³/mol. The summed E-state index contributed by atoms with van der Waals surface area (Å²) in [6, 6.07) is 8.13. The first kappa shape index (κ1) is 29.4. The zero-order valence-electron chi connectivity index (χ0n) is 22.0. The van der Waals surface area contributed by atoms with E-state index in [0.29, 0.717) is 50.5 Å². The molecule has 2 heterocycles. The minimum Gasteiger partial charge on any atom is -0.383 e. The molecule has 2 aliphatic heterocycles. The lowest BCUT2D eigenvalue weighted by atomic mass is 10.0. The fraction of sp³-hybridized carbons (Fsp3) is 0.517. The van der Waals surface area contributed by atoms with Gasteiger partial charge in [0.2, 0.25) is 0 Å². The van der Waals surface area contributed by atoms with E-state index in [-0.39, 0.29) is 5.56 Å². The summed E-state index contributed by atoms with van der Waals surface area (Å²) in [6.45, 7) is 5.03. The van der Waals surface area contributed by atoms with Crippen molar-refractivity contribution in [3.05, 3.63) is 70.8 Å². The van der Waals surface area contributed by atoms with Crippen molar-refractivity contribution in [3.8, 4) is 11.8 Å². The highest BCUT2D eigenvalue weighted by molar-refractivity contribution is 5.28. The number of ether oxygens (including phenoxy) is 3. The Morgan fingerprint density at radius 2 is 1.72 bits per heavy atom. The summed E-state index contributed by atoms with van der Waals surface area (Å²) in [7, 11) is 1.69. The van der Waals surface area contributed by atoms with Crippen molar-refractivity contribution in [2.75, 3.05) is 46.5 Å². The maximum Gasteiger partial charge on any atom is 0.416 e. The lowest BCUT2D eigenvalue weighted by molar-refractivity contribution is -0.228. The molecule has 4 rings (SSSR count). The zero-order chi connectivity index (χ0) is 28.0. The molecule has 2 fully saturated rings. The third kappa shape index (κ3) is 7.77. The fourth-order valence-electron chi connectivity index (χ4n) is 5.10. The first-order valence-electron chi connectivity index (χ1n) is 13.0. The average molecular weight is 553 g/mol. The number of likely N-dealkylation sites (tertiary alicyclic amines) is 1. The largest absolute Gasteiger partial charge is 0.416 e. The molecule has 2 aromatic carbocycles. The molecule has 4 unspecified atom stereocenters. The van der Waals surface area contributed by atoms with Crippen LogP contribution < -0.4 is 0 Å². The zero-order valence-corrected chi connectivity index (χ0v) is 22.0. The highest BCUT2D eigenvalue weighted by atomic mass is 19.4. The van der Waals surface area contributed by atoms with E-state index in [1.807, 2.05) is 4.90 Å². The van der Waals surface area contributed by atoms with Crippen molar-refractivity contribution >= 4 is 0 Å². The number of hydrogen-bond acceptors (Lipinski definition) is 5. The van der Waals surface area contributed by atoms with Gasteiger partial charge in [-0.05, 0) is 67.8 Å². The normalized spacial score (nSPS) is 23.4. The fourth-order valence-corrected chi connectivity index (χ4v) is 5.10. The second-order valence-corrected chi connectivity index (χ2v) is 9.83. The molecular formula is C29H33F5N2O3. The van der Waals surface area contributed by atoms with Crippen LogP contribution in [0.4, 0.5) is 22.0 Å². The molecule has 0 aliphatic carbocycles. The third-order valence-corrected chi connectivity index (χ3v) is 7.13. The molecule has 0 saturated carbocycles. The van der Waals surface area contributed by atoms with Crippen LogP contribution in [0.15, 0.2) is 42.5 Å². The van der Waals surface area contributed by atoms with Crippen LogP contribution >= 0.6 is 0 Å². The molecule has 4 atom stereocenters. The van der Waals surface area contributed by atoms with E-state index >= 15 is 0 Å². The standard InChI is InChI=1S/C29H33F5N2O3/c1-20(22-16-23(29(32,33)34)18-25(31)17-22)39-28-27(21-7-9-24(30)10-8-21)36(14-15-38-28)12-4-3-11-35-13-5-6-26(35)19-37-2/h7-10,16-18,20,26-28H,5-6,11-15,19H2,1-2H3. The molecular weight excluding hydrogens is 519 g/mol. The number of nitrogens with zero attached hydrogens (tertiary/aromatic N) is 2. The monoisotopic (exact) mass is 552 g/mol. The number of rotatable bonds is 8. The summed E-state index contributed by atoms with van der Waals surface area (Å²) in [6.07, 6.45) is -4.31. The van der Waals surface area contributed by atoms with E-state index in [1.165, 1.54) is 12.1 Å². The van der Waals surface area contributed by atoms with Crippen LogP contribution in [0.3, 0.4) is 0 Å². The Hall–Kier alpha value is -2.55. The van der Waals surface area contributed by atoms with Gasteiger partial charge in [-0.25, -0.2) is 8.78 Å². The highest BCUT2D eigenvalue weighted by Gasteiger charge is 2.36.